The largest absolute Gasteiger partial charge is 0.437 e. The van der Waals surface area contributed by atoms with E-state index in [1.807, 2.05) is 55.6 Å². The second-order valence-electron chi connectivity index (χ2n) is 17.6. The molecule has 3 aliphatic carbocycles. The van der Waals surface area contributed by atoms with Gasteiger partial charge in [-0.05, 0) is 77.1 Å². The number of allylic oxidation sites excluding steroid dienone is 3. The number of carbonyl (C=O) groups is 1. The number of nitrogens with one attached hydrogen (secondary N) is 2. The Hall–Kier alpha value is -4.78. The number of nitrogens with zero attached hydrogens (tertiary/aromatic N) is 1. The molecule has 10 nitrogen and oxygen atoms in total. The Balaban J connectivity index is 1.00. The second kappa shape index (κ2) is 14.8. The van der Waals surface area contributed by atoms with E-state index in [-0.39, 0.29) is 42.5 Å². The summed E-state index contributed by atoms with van der Waals surface area (Å²) in [6.45, 7) is 3.36. The Labute approximate surface area is 339 Å². The van der Waals surface area contributed by atoms with E-state index >= 15 is 0 Å². The van der Waals surface area contributed by atoms with Gasteiger partial charge in [0.25, 0.3) is 6.23 Å². The van der Waals surface area contributed by atoms with E-state index in [9.17, 15) is 20.1 Å². The quantitative estimate of drug-likeness (QED) is 0.191. The zero-order valence-electron chi connectivity index (χ0n) is 32.8. The fraction of sp³-hybridized carbons (Fsp3) is 0.458. The maximum atomic E-state index is 13.2. The van der Waals surface area contributed by atoms with Crippen molar-refractivity contribution in [3.05, 3.63) is 106 Å². The van der Waals surface area contributed by atoms with Crippen LogP contribution in [0.5, 0.6) is 11.5 Å². The normalized spacial score (nSPS) is 33.5. The van der Waals surface area contributed by atoms with E-state index in [1.54, 1.807) is 0 Å². The third-order valence-corrected chi connectivity index (χ3v) is 13.9. The zero-order chi connectivity index (χ0) is 39.7. The topological polar surface area (TPSA) is 151 Å². The monoisotopic (exact) mass is 779 g/mol. The number of aliphatic imine (C=N–C) groups is 1. The van der Waals surface area contributed by atoms with Crippen molar-refractivity contribution >= 4 is 11.5 Å². The predicted molar refractivity (Wildman–Crippen MR) is 218 cm³/mol. The third-order valence-electron chi connectivity index (χ3n) is 13.9. The number of aliphatic hydroxyl groups excluding tert-OH is 3. The van der Waals surface area contributed by atoms with Gasteiger partial charge in [-0.1, -0.05) is 80.0 Å². The van der Waals surface area contributed by atoms with Crippen molar-refractivity contribution in [3.8, 4) is 35.4 Å². The molecular weight excluding hydrogens is 729 g/mol. The number of ketones is 1. The number of nitrogens with two attached hydrogens (primary N) is 1. The van der Waals surface area contributed by atoms with Crippen LogP contribution in [0.2, 0.25) is 0 Å². The number of quaternary nitrogens is 1. The molecular formula is C48H51N4O6+. The summed E-state index contributed by atoms with van der Waals surface area (Å²) >= 11 is 0. The summed E-state index contributed by atoms with van der Waals surface area (Å²) < 4.78 is 13.3. The lowest BCUT2D eigenvalue weighted by Gasteiger charge is -2.38. The summed E-state index contributed by atoms with van der Waals surface area (Å²) in [4.78, 5) is 19.2. The van der Waals surface area contributed by atoms with E-state index in [4.69, 9.17) is 20.2 Å². The average Bonchev–Trinajstić information content (AvgIpc) is 3.96. The molecule has 10 rings (SSSR count). The lowest BCUT2D eigenvalue weighted by atomic mass is 9.71. The lowest BCUT2D eigenvalue weighted by molar-refractivity contribution is -0.888. The number of aryl methyl sites for hydroxylation is 1. The molecule has 1 saturated carbocycles. The van der Waals surface area contributed by atoms with Crippen LogP contribution in [0.4, 0.5) is 0 Å². The standard InChI is InChI=1S/C48H50N4O6/c1-27-4-9-32(40(55)20-27)41(56)22-30(53)8-5-28-6-15-42-43(21-28)58-47-37(48(18-19-57-42)16-2-3-17-48)13-14-39(54)33-11-12-34-44-29(23-51-46(34)49)7-10-31(45(33)44)35-24-50-38-26-52(47)25-36(35)38/h4,6-7,9-12,15,21,24-25,27,29,31-32,37,39-41,46-47,51,54-56H,2-3,5,8,16-17,20,22-23,26,49H2,1H3/p+1/t27-,29+,31-,32-,37-,39-,40-,41+,46-,47-/m1/s1. The van der Waals surface area contributed by atoms with Crippen LogP contribution in [0.1, 0.15) is 104 Å². The van der Waals surface area contributed by atoms with Crippen molar-refractivity contribution in [1.29, 1.82) is 0 Å². The minimum Gasteiger partial charge on any atom is -0.437 e. The highest BCUT2D eigenvalue weighted by atomic mass is 16.5. The molecule has 2 aromatic rings. The Morgan fingerprint density at radius 2 is 1.91 bits per heavy atom. The number of carbonyl (C=O) groups excluding carboxylic acids is 1. The van der Waals surface area contributed by atoms with Crippen molar-refractivity contribution in [1.82, 2.24) is 5.32 Å². The molecule has 0 aromatic heterocycles. The number of rotatable bonds is 6. The zero-order valence-corrected chi connectivity index (χ0v) is 32.8. The van der Waals surface area contributed by atoms with Crippen LogP contribution in [0.3, 0.4) is 0 Å². The highest BCUT2D eigenvalue weighted by Gasteiger charge is 2.52. The summed E-state index contributed by atoms with van der Waals surface area (Å²) in [5, 5.41) is 37.0. The number of hydrogen-bond acceptors (Lipinski definition) is 9. The highest BCUT2D eigenvalue weighted by molar-refractivity contribution is 6.08. The molecule has 5 aliphatic heterocycles. The molecule has 1 fully saturated rings. The van der Waals surface area contributed by atoms with Crippen LogP contribution < -0.4 is 25.4 Å². The highest BCUT2D eigenvalue weighted by Crippen LogP contribution is 2.50. The van der Waals surface area contributed by atoms with Gasteiger partial charge in [0.15, 0.2) is 11.5 Å². The molecule has 11 atom stereocenters. The molecule has 2 aromatic carbocycles. The van der Waals surface area contributed by atoms with E-state index in [2.05, 4.69) is 47.5 Å². The first-order valence-electron chi connectivity index (χ1n) is 21.1. The summed E-state index contributed by atoms with van der Waals surface area (Å²) in [6, 6.07) is 9.78. The van der Waals surface area contributed by atoms with Crippen LogP contribution in [0.15, 0.2) is 83.2 Å². The number of Topliss-reactive ketones (excluding diaryl/α,β-unsaturated/α-hetero) is 1. The summed E-state index contributed by atoms with van der Waals surface area (Å²) in [6.07, 6.45) is 17.2. The molecule has 0 amide bonds. The SMILES string of the molecule is C[C@@H]1C=C[C@@H]([C@@H](O)CC(=O)CCc2ccc3c(c2)O[C@@H]2[C@@H](C#C[C@@H](O)c4ccc5c6c4[C@H](C=C[C@H]6CN[C@H]5N)C4=CN=C5C[NH+]2C=C45)C2(C#CO3)CCCC2)[C@H](O)C1. The Morgan fingerprint density at radius 3 is 2.76 bits per heavy atom. The maximum Gasteiger partial charge on any atom is 0.252 e. The van der Waals surface area contributed by atoms with E-state index in [1.165, 1.54) is 5.56 Å². The van der Waals surface area contributed by atoms with Gasteiger partial charge in [-0.15, -0.1) is 0 Å². The van der Waals surface area contributed by atoms with Gasteiger partial charge in [0, 0.05) is 43.3 Å². The van der Waals surface area contributed by atoms with Crippen LogP contribution in [0.25, 0.3) is 0 Å². The third kappa shape index (κ3) is 6.48. The molecule has 298 valence electrons. The van der Waals surface area contributed by atoms with Crippen LogP contribution in [0, 0.1) is 47.0 Å². The van der Waals surface area contributed by atoms with Crippen LogP contribution in [-0.2, 0) is 11.2 Å². The van der Waals surface area contributed by atoms with Gasteiger partial charge in [-0.3, -0.25) is 20.0 Å². The first-order chi connectivity index (χ1) is 28.2. The van der Waals surface area contributed by atoms with Gasteiger partial charge >= 0.3 is 0 Å². The summed E-state index contributed by atoms with van der Waals surface area (Å²) in [7, 11) is 0. The smallest absolute Gasteiger partial charge is 0.252 e. The molecule has 10 heteroatoms. The molecule has 5 heterocycles. The lowest BCUT2D eigenvalue weighted by Crippen LogP contribution is -3.13. The van der Waals surface area contributed by atoms with Crippen molar-refractivity contribution in [2.45, 2.75) is 101 Å². The Morgan fingerprint density at radius 1 is 1.07 bits per heavy atom. The van der Waals surface area contributed by atoms with E-state index in [0.717, 1.165) is 76.2 Å². The number of ether oxygens (including phenoxy) is 2. The number of hydrogen-bond donors (Lipinski definition) is 6. The van der Waals surface area contributed by atoms with E-state index < -0.39 is 41.8 Å². The molecule has 1 unspecified atom stereocenters. The van der Waals surface area contributed by atoms with Gasteiger partial charge < -0.3 is 30.5 Å². The van der Waals surface area contributed by atoms with Gasteiger partial charge in [0.2, 0.25) is 0 Å². The van der Waals surface area contributed by atoms with E-state index in [0.29, 0.717) is 30.9 Å². The van der Waals surface area contributed by atoms with Gasteiger partial charge in [-0.25, -0.2) is 0 Å². The first-order valence-corrected chi connectivity index (χ1v) is 21.1. The average molecular weight is 780 g/mol. The number of aliphatic hydroxyl groups is 3. The molecule has 7 N–H and O–H groups in total. The van der Waals surface area contributed by atoms with Crippen molar-refractivity contribution < 1.29 is 34.5 Å². The predicted octanol–water partition coefficient (Wildman–Crippen LogP) is 3.92. The minimum absolute atomic E-state index is 0.0147. The Bertz CT molecular complexity index is 2330. The number of fused-ring (bicyclic) bond motifs is 6. The first kappa shape index (κ1) is 37.5. The summed E-state index contributed by atoms with van der Waals surface area (Å²) in [5.74, 6) is 10.9. The molecule has 0 saturated heterocycles. The van der Waals surface area contributed by atoms with Crippen molar-refractivity contribution in [2.75, 3.05) is 13.1 Å². The fourth-order valence-electron chi connectivity index (χ4n) is 10.8. The fourth-order valence-corrected chi connectivity index (χ4v) is 10.8. The van der Waals surface area contributed by atoms with Crippen molar-refractivity contribution in [2.24, 2.45) is 33.9 Å². The molecule has 1 spiro atoms. The number of benzene rings is 2. The molecule has 8 aliphatic rings. The van der Waals surface area contributed by atoms with Crippen LogP contribution in [-0.4, -0.2) is 58.3 Å². The maximum absolute atomic E-state index is 13.2. The molecule has 2 bridgehead atoms. The van der Waals surface area contributed by atoms with Gasteiger partial charge in [0.05, 0.1) is 29.4 Å². The summed E-state index contributed by atoms with van der Waals surface area (Å²) in [5.41, 5.74) is 14.3. The van der Waals surface area contributed by atoms with Crippen LogP contribution >= 0.6 is 0 Å². The molecule has 58 heavy (non-hydrogen) atoms. The van der Waals surface area contributed by atoms with Gasteiger partial charge in [0.1, 0.15) is 42.4 Å². The Kier molecular flexibility index (Phi) is 9.56. The van der Waals surface area contributed by atoms with Crippen molar-refractivity contribution in [3.63, 3.8) is 0 Å². The minimum atomic E-state index is -1.05. The molecule has 0 radical (unpaired) electrons. The second-order valence-corrected chi connectivity index (χ2v) is 17.6. The van der Waals surface area contributed by atoms with Gasteiger partial charge in [-0.2, -0.15) is 0 Å².